The Kier molecular flexibility index (Phi) is 5.44. The average Bonchev–Trinajstić information content (AvgIpc) is 2.35. The lowest BCUT2D eigenvalue weighted by atomic mass is 9.73. The second-order valence-corrected chi connectivity index (χ2v) is 6.50. The smallest absolute Gasteiger partial charge is 0.307 e. The molecule has 4 nitrogen and oxygen atoms in total. The fourth-order valence-corrected chi connectivity index (χ4v) is 3.51. The number of unbranched alkanes of at least 4 members (excludes halogenated alkanes) is 1. The molecule has 0 heterocycles. The zero-order chi connectivity index (χ0) is 14.5. The second kappa shape index (κ2) is 7.09. The highest BCUT2D eigenvalue weighted by atomic mass is 16.4. The van der Waals surface area contributed by atoms with Crippen LogP contribution < -0.4 is 5.32 Å². The van der Waals surface area contributed by atoms with E-state index in [-0.39, 0.29) is 17.9 Å². The average molecular weight is 281 g/mol. The first-order chi connectivity index (χ1) is 9.61. The summed E-state index contributed by atoms with van der Waals surface area (Å²) in [4.78, 5) is 23.0. The maximum Gasteiger partial charge on any atom is 0.307 e. The van der Waals surface area contributed by atoms with E-state index in [4.69, 9.17) is 5.11 Å². The van der Waals surface area contributed by atoms with E-state index in [1.165, 1.54) is 32.1 Å². The highest BCUT2D eigenvalue weighted by Crippen LogP contribution is 2.35. The SMILES string of the molecule is CCCCC1CCC(NC(=O)C2CCC2C(=O)O)CC1. The summed E-state index contributed by atoms with van der Waals surface area (Å²) in [6.07, 6.45) is 9.80. The summed E-state index contributed by atoms with van der Waals surface area (Å²) in [7, 11) is 0. The Morgan fingerprint density at radius 2 is 1.70 bits per heavy atom. The van der Waals surface area contributed by atoms with Gasteiger partial charge in [0, 0.05) is 6.04 Å². The molecule has 0 spiro atoms. The van der Waals surface area contributed by atoms with Crippen molar-refractivity contribution < 1.29 is 14.7 Å². The van der Waals surface area contributed by atoms with Crippen molar-refractivity contribution in [3.8, 4) is 0 Å². The van der Waals surface area contributed by atoms with Crippen LogP contribution >= 0.6 is 0 Å². The number of hydrogen-bond acceptors (Lipinski definition) is 2. The molecule has 114 valence electrons. The molecule has 0 aromatic heterocycles. The van der Waals surface area contributed by atoms with E-state index in [9.17, 15) is 9.59 Å². The van der Waals surface area contributed by atoms with Crippen LogP contribution in [-0.2, 0) is 9.59 Å². The summed E-state index contributed by atoms with van der Waals surface area (Å²) < 4.78 is 0. The Labute approximate surface area is 121 Å². The number of amides is 1. The van der Waals surface area contributed by atoms with Gasteiger partial charge in [-0.05, 0) is 44.4 Å². The van der Waals surface area contributed by atoms with Crippen LogP contribution in [-0.4, -0.2) is 23.0 Å². The molecule has 2 fully saturated rings. The Bertz CT molecular complexity index is 348. The van der Waals surface area contributed by atoms with Crippen molar-refractivity contribution in [2.75, 3.05) is 0 Å². The highest BCUT2D eigenvalue weighted by molar-refractivity contribution is 5.86. The van der Waals surface area contributed by atoms with Crippen LogP contribution in [0.1, 0.15) is 64.7 Å². The first-order valence-electron chi connectivity index (χ1n) is 8.15. The molecule has 2 atom stereocenters. The van der Waals surface area contributed by atoms with Gasteiger partial charge in [-0.25, -0.2) is 0 Å². The van der Waals surface area contributed by atoms with Gasteiger partial charge in [-0.15, -0.1) is 0 Å². The van der Waals surface area contributed by atoms with Gasteiger partial charge >= 0.3 is 5.97 Å². The number of carbonyl (C=O) groups excluding carboxylic acids is 1. The first-order valence-corrected chi connectivity index (χ1v) is 8.15. The van der Waals surface area contributed by atoms with Gasteiger partial charge in [0.1, 0.15) is 0 Å². The third-order valence-electron chi connectivity index (χ3n) is 5.09. The fraction of sp³-hybridized carbons (Fsp3) is 0.875. The minimum atomic E-state index is -0.820. The number of aliphatic carboxylic acids is 1. The minimum Gasteiger partial charge on any atom is -0.481 e. The highest BCUT2D eigenvalue weighted by Gasteiger charge is 2.41. The summed E-state index contributed by atoms with van der Waals surface area (Å²) in [6, 6.07) is 0.274. The molecular weight excluding hydrogens is 254 g/mol. The van der Waals surface area contributed by atoms with Crippen LogP contribution in [0.3, 0.4) is 0 Å². The van der Waals surface area contributed by atoms with E-state index in [1.807, 2.05) is 0 Å². The monoisotopic (exact) mass is 281 g/mol. The maximum atomic E-state index is 12.1. The van der Waals surface area contributed by atoms with Crippen LogP contribution in [0.4, 0.5) is 0 Å². The molecule has 0 aromatic carbocycles. The minimum absolute atomic E-state index is 0.0272. The second-order valence-electron chi connectivity index (χ2n) is 6.50. The lowest BCUT2D eigenvalue weighted by molar-refractivity contribution is -0.153. The topological polar surface area (TPSA) is 66.4 Å². The third-order valence-corrected chi connectivity index (χ3v) is 5.09. The molecule has 2 aliphatic carbocycles. The summed E-state index contributed by atoms with van der Waals surface area (Å²) in [5, 5.41) is 12.1. The Balaban J connectivity index is 1.70. The molecule has 2 aliphatic rings. The summed E-state index contributed by atoms with van der Waals surface area (Å²) >= 11 is 0. The van der Waals surface area contributed by atoms with Crippen molar-refractivity contribution in [1.82, 2.24) is 5.32 Å². The van der Waals surface area contributed by atoms with Crippen LogP contribution in [0, 0.1) is 17.8 Å². The molecule has 0 saturated heterocycles. The summed E-state index contributed by atoms with van der Waals surface area (Å²) in [5.41, 5.74) is 0. The van der Waals surface area contributed by atoms with Gasteiger partial charge in [-0.1, -0.05) is 26.2 Å². The van der Waals surface area contributed by atoms with Crippen LogP contribution in [0.2, 0.25) is 0 Å². The molecule has 0 bridgehead atoms. The molecule has 1 amide bonds. The number of carboxylic acids is 1. The van der Waals surface area contributed by atoms with Crippen molar-refractivity contribution >= 4 is 11.9 Å². The fourth-order valence-electron chi connectivity index (χ4n) is 3.51. The number of rotatable bonds is 6. The molecule has 2 saturated carbocycles. The largest absolute Gasteiger partial charge is 0.481 e. The third kappa shape index (κ3) is 3.74. The van der Waals surface area contributed by atoms with Crippen LogP contribution in [0.25, 0.3) is 0 Å². The lowest BCUT2D eigenvalue weighted by Gasteiger charge is -2.35. The number of carbonyl (C=O) groups is 2. The normalized spacial score (nSPS) is 33.2. The van der Waals surface area contributed by atoms with Gasteiger partial charge < -0.3 is 10.4 Å². The number of nitrogens with one attached hydrogen (secondary N) is 1. The van der Waals surface area contributed by atoms with E-state index in [2.05, 4.69) is 12.2 Å². The zero-order valence-corrected chi connectivity index (χ0v) is 12.4. The Hall–Kier alpha value is -1.06. The molecule has 0 aromatic rings. The van der Waals surface area contributed by atoms with Gasteiger partial charge in [0.2, 0.25) is 5.91 Å². The predicted octanol–water partition coefficient (Wildman–Crippen LogP) is 2.96. The van der Waals surface area contributed by atoms with Crippen molar-refractivity contribution in [3.05, 3.63) is 0 Å². The summed E-state index contributed by atoms with van der Waals surface area (Å²) in [6.45, 7) is 2.23. The van der Waals surface area contributed by atoms with E-state index in [1.54, 1.807) is 0 Å². The van der Waals surface area contributed by atoms with E-state index >= 15 is 0 Å². The van der Waals surface area contributed by atoms with Crippen molar-refractivity contribution in [1.29, 1.82) is 0 Å². The molecule has 0 radical (unpaired) electrons. The van der Waals surface area contributed by atoms with E-state index in [0.717, 1.165) is 25.2 Å². The first kappa shape index (κ1) is 15.3. The number of hydrogen-bond donors (Lipinski definition) is 2. The molecule has 4 heteroatoms. The standard InChI is InChI=1S/C16H27NO3/c1-2-3-4-11-5-7-12(8-6-11)17-15(18)13-9-10-14(13)16(19)20/h11-14H,2-10H2,1H3,(H,17,18)(H,19,20). The molecule has 20 heavy (non-hydrogen) atoms. The van der Waals surface area contributed by atoms with Crippen molar-refractivity contribution in [2.24, 2.45) is 17.8 Å². The van der Waals surface area contributed by atoms with Gasteiger partial charge in [0.25, 0.3) is 0 Å². The molecule has 2 rings (SSSR count). The molecule has 0 aliphatic heterocycles. The van der Waals surface area contributed by atoms with E-state index in [0.29, 0.717) is 6.42 Å². The molecular formula is C16H27NO3. The van der Waals surface area contributed by atoms with Gasteiger partial charge in [0.05, 0.1) is 11.8 Å². The van der Waals surface area contributed by atoms with Gasteiger partial charge in [0.15, 0.2) is 0 Å². The van der Waals surface area contributed by atoms with Crippen LogP contribution in [0.15, 0.2) is 0 Å². The Morgan fingerprint density at radius 1 is 1.05 bits per heavy atom. The maximum absolute atomic E-state index is 12.1. The number of carboxylic acid groups (broad SMARTS) is 1. The van der Waals surface area contributed by atoms with Crippen molar-refractivity contribution in [2.45, 2.75) is 70.8 Å². The zero-order valence-electron chi connectivity index (χ0n) is 12.4. The van der Waals surface area contributed by atoms with Crippen LogP contribution in [0.5, 0.6) is 0 Å². The predicted molar refractivity (Wildman–Crippen MR) is 77.3 cm³/mol. The van der Waals surface area contributed by atoms with Crippen molar-refractivity contribution in [3.63, 3.8) is 0 Å². The molecule has 2 N–H and O–H groups in total. The molecule has 2 unspecified atom stereocenters. The Morgan fingerprint density at radius 3 is 2.20 bits per heavy atom. The lowest BCUT2D eigenvalue weighted by Crippen LogP contribution is -2.48. The van der Waals surface area contributed by atoms with Gasteiger partial charge in [-0.3, -0.25) is 9.59 Å². The quantitative estimate of drug-likeness (QED) is 0.786. The summed E-state index contributed by atoms with van der Waals surface area (Å²) in [5.74, 6) is -0.750. The van der Waals surface area contributed by atoms with Gasteiger partial charge in [-0.2, -0.15) is 0 Å². The van der Waals surface area contributed by atoms with E-state index < -0.39 is 11.9 Å².